The number of imide groups is 1. The second-order valence-electron chi connectivity index (χ2n) is 5.20. The van der Waals surface area contributed by atoms with Gasteiger partial charge in [0.25, 0.3) is 5.24 Å². The van der Waals surface area contributed by atoms with Crippen LogP contribution >= 0.6 is 11.8 Å². The molecule has 2 aromatic rings. The first-order chi connectivity index (χ1) is 11.7. The van der Waals surface area contributed by atoms with Gasteiger partial charge in [0.15, 0.2) is 0 Å². The summed E-state index contributed by atoms with van der Waals surface area (Å²) in [5, 5.41) is -0.737. The van der Waals surface area contributed by atoms with Crippen molar-refractivity contribution in [2.75, 3.05) is 13.2 Å². The van der Waals surface area contributed by atoms with Crippen LogP contribution in [-0.2, 0) is 4.79 Å². The molecule has 1 unspecified atom stereocenters. The van der Waals surface area contributed by atoms with Crippen LogP contribution in [0, 0.1) is 0 Å². The molecule has 0 aromatic heterocycles. The molecule has 3 rings (SSSR count). The van der Waals surface area contributed by atoms with Gasteiger partial charge in [0.1, 0.15) is 23.9 Å². The van der Waals surface area contributed by atoms with Crippen LogP contribution in [-0.4, -0.2) is 35.5 Å². The van der Waals surface area contributed by atoms with E-state index in [1.54, 1.807) is 24.3 Å². The van der Waals surface area contributed by atoms with Crippen LogP contribution in [0.3, 0.4) is 0 Å². The van der Waals surface area contributed by atoms with Crippen LogP contribution in [0.2, 0.25) is 0 Å². The summed E-state index contributed by atoms with van der Waals surface area (Å²) in [6.45, 7) is 0.406. The van der Waals surface area contributed by atoms with E-state index in [4.69, 9.17) is 4.74 Å². The molecule has 6 heteroatoms. The van der Waals surface area contributed by atoms with Gasteiger partial charge in [-0.1, -0.05) is 30.3 Å². The molecule has 1 fully saturated rings. The molecule has 0 aliphatic carbocycles. The molecule has 122 valence electrons. The number of aldehydes is 1. The molecule has 0 saturated carbocycles. The van der Waals surface area contributed by atoms with Crippen molar-refractivity contribution >= 4 is 29.2 Å². The van der Waals surface area contributed by atoms with E-state index in [1.165, 1.54) is 4.90 Å². The summed E-state index contributed by atoms with van der Waals surface area (Å²) in [5.41, 5.74) is 1.39. The summed E-state index contributed by atoms with van der Waals surface area (Å²) >= 11 is 1.03. The lowest BCUT2D eigenvalue weighted by Crippen LogP contribution is -2.33. The molecule has 1 aliphatic rings. The Kier molecular flexibility index (Phi) is 4.96. The molecule has 5 nitrogen and oxygen atoms in total. The van der Waals surface area contributed by atoms with E-state index in [0.29, 0.717) is 11.3 Å². The maximum atomic E-state index is 12.4. The van der Waals surface area contributed by atoms with Crippen molar-refractivity contribution in [3.05, 3.63) is 65.7 Å². The van der Waals surface area contributed by atoms with Gasteiger partial charge in [-0.15, -0.1) is 0 Å². The Bertz CT molecular complexity index is 745. The van der Waals surface area contributed by atoms with E-state index in [9.17, 15) is 14.4 Å². The molecule has 24 heavy (non-hydrogen) atoms. The first kappa shape index (κ1) is 16.3. The SMILES string of the molecule is O=Cc1ccc(OCCN2C(=O)SC(c3ccccc3)C2=O)cc1. The van der Waals surface area contributed by atoms with Gasteiger partial charge in [-0.25, -0.2) is 0 Å². The van der Waals surface area contributed by atoms with Crippen molar-refractivity contribution in [1.29, 1.82) is 0 Å². The van der Waals surface area contributed by atoms with Crippen molar-refractivity contribution in [3.8, 4) is 5.75 Å². The third-order valence-corrected chi connectivity index (χ3v) is 4.76. The molecular weight excluding hydrogens is 326 g/mol. The predicted octanol–water partition coefficient (Wildman–Crippen LogP) is 3.31. The van der Waals surface area contributed by atoms with Crippen LogP contribution in [0.25, 0.3) is 0 Å². The highest BCUT2D eigenvalue weighted by Gasteiger charge is 2.40. The lowest BCUT2D eigenvalue weighted by molar-refractivity contribution is -0.127. The molecule has 0 bridgehead atoms. The Labute approximate surface area is 143 Å². The molecule has 2 amide bonds. The highest BCUT2D eigenvalue weighted by molar-refractivity contribution is 8.14. The number of carbonyl (C=O) groups excluding carboxylic acids is 3. The van der Waals surface area contributed by atoms with Crippen molar-refractivity contribution in [3.63, 3.8) is 0 Å². The molecule has 1 heterocycles. The van der Waals surface area contributed by atoms with E-state index in [1.807, 2.05) is 30.3 Å². The Morgan fingerprint density at radius 2 is 1.75 bits per heavy atom. The zero-order chi connectivity index (χ0) is 16.9. The third-order valence-electron chi connectivity index (χ3n) is 3.63. The summed E-state index contributed by atoms with van der Waals surface area (Å²) in [6, 6.07) is 15.9. The van der Waals surface area contributed by atoms with Crippen molar-refractivity contribution in [1.82, 2.24) is 4.90 Å². The number of ether oxygens (including phenoxy) is 1. The standard InChI is InChI=1S/C18H15NO4S/c20-12-13-6-8-15(9-7-13)23-11-10-19-17(21)16(24-18(19)22)14-4-2-1-3-5-14/h1-9,12,16H,10-11H2. The molecule has 1 aliphatic heterocycles. The quantitative estimate of drug-likeness (QED) is 0.754. The second-order valence-corrected chi connectivity index (χ2v) is 6.26. The normalized spacial score (nSPS) is 17.2. The van der Waals surface area contributed by atoms with Gasteiger partial charge >= 0.3 is 0 Å². The number of hydrogen-bond acceptors (Lipinski definition) is 5. The molecule has 2 aromatic carbocycles. The average molecular weight is 341 g/mol. The summed E-state index contributed by atoms with van der Waals surface area (Å²) < 4.78 is 5.53. The van der Waals surface area contributed by atoms with E-state index in [2.05, 4.69) is 0 Å². The monoisotopic (exact) mass is 341 g/mol. The number of amides is 2. The Morgan fingerprint density at radius 3 is 2.42 bits per heavy atom. The smallest absolute Gasteiger partial charge is 0.289 e. The van der Waals surface area contributed by atoms with Crippen LogP contribution in [0.15, 0.2) is 54.6 Å². The van der Waals surface area contributed by atoms with Gasteiger partial charge in [0.2, 0.25) is 5.91 Å². The Hall–Kier alpha value is -2.60. The van der Waals surface area contributed by atoms with E-state index in [0.717, 1.165) is 23.6 Å². The number of hydrogen-bond donors (Lipinski definition) is 0. The van der Waals surface area contributed by atoms with Gasteiger partial charge in [-0.2, -0.15) is 0 Å². The molecule has 0 N–H and O–H groups in total. The Balaban J connectivity index is 1.58. The fourth-order valence-electron chi connectivity index (χ4n) is 2.38. The summed E-state index contributed by atoms with van der Waals surface area (Å²) in [5.74, 6) is 0.378. The molecule has 1 saturated heterocycles. The first-order valence-electron chi connectivity index (χ1n) is 7.44. The van der Waals surface area contributed by atoms with Crippen molar-refractivity contribution in [2.24, 2.45) is 0 Å². The molecule has 0 radical (unpaired) electrons. The van der Waals surface area contributed by atoms with Gasteiger partial charge in [-0.3, -0.25) is 19.3 Å². The number of rotatable bonds is 6. The van der Waals surface area contributed by atoms with Crippen molar-refractivity contribution in [2.45, 2.75) is 5.25 Å². The van der Waals surface area contributed by atoms with Gasteiger partial charge in [0.05, 0.1) is 6.54 Å². The number of carbonyl (C=O) groups is 3. The minimum absolute atomic E-state index is 0.198. The van der Waals surface area contributed by atoms with Crippen LogP contribution in [0.4, 0.5) is 4.79 Å². The first-order valence-corrected chi connectivity index (χ1v) is 8.32. The van der Waals surface area contributed by atoms with Crippen LogP contribution in [0.1, 0.15) is 21.2 Å². The van der Waals surface area contributed by atoms with Crippen LogP contribution < -0.4 is 4.74 Å². The summed E-state index contributed by atoms with van der Waals surface area (Å²) in [7, 11) is 0. The topological polar surface area (TPSA) is 63.7 Å². The van der Waals surface area contributed by atoms with Crippen molar-refractivity contribution < 1.29 is 19.1 Å². The van der Waals surface area contributed by atoms with E-state index in [-0.39, 0.29) is 24.3 Å². The fraction of sp³-hybridized carbons (Fsp3) is 0.167. The minimum Gasteiger partial charge on any atom is -0.492 e. The van der Waals surface area contributed by atoms with Crippen LogP contribution in [0.5, 0.6) is 5.75 Å². The maximum absolute atomic E-state index is 12.4. The second kappa shape index (κ2) is 7.31. The summed E-state index contributed by atoms with van der Waals surface area (Å²) in [6.07, 6.45) is 0.756. The molecule has 0 spiro atoms. The lowest BCUT2D eigenvalue weighted by Gasteiger charge is -2.14. The molecule has 1 atom stereocenters. The third kappa shape index (κ3) is 3.49. The number of thioether (sulfide) groups is 1. The minimum atomic E-state index is -0.481. The maximum Gasteiger partial charge on any atom is 0.289 e. The lowest BCUT2D eigenvalue weighted by atomic mass is 10.1. The van der Waals surface area contributed by atoms with Gasteiger partial charge in [0, 0.05) is 5.56 Å². The summed E-state index contributed by atoms with van der Waals surface area (Å²) in [4.78, 5) is 36.3. The van der Waals surface area contributed by atoms with E-state index < -0.39 is 5.25 Å². The zero-order valence-electron chi connectivity index (χ0n) is 12.8. The predicted molar refractivity (Wildman–Crippen MR) is 91.2 cm³/mol. The Morgan fingerprint density at radius 1 is 1.04 bits per heavy atom. The highest BCUT2D eigenvalue weighted by Crippen LogP contribution is 2.38. The van der Waals surface area contributed by atoms with Gasteiger partial charge < -0.3 is 4.74 Å². The fourth-order valence-corrected chi connectivity index (χ4v) is 3.42. The highest BCUT2D eigenvalue weighted by atomic mass is 32.2. The zero-order valence-corrected chi connectivity index (χ0v) is 13.6. The number of benzene rings is 2. The van der Waals surface area contributed by atoms with Gasteiger partial charge in [-0.05, 0) is 41.6 Å². The average Bonchev–Trinajstić information content (AvgIpc) is 2.91. The number of nitrogens with zero attached hydrogens (tertiary/aromatic N) is 1. The molecular formula is C18H15NO4S. The van der Waals surface area contributed by atoms with E-state index >= 15 is 0 Å². The largest absolute Gasteiger partial charge is 0.492 e.